The molecule has 0 aromatic heterocycles. The minimum atomic E-state index is 0.0236. The molecule has 0 amide bonds. The molecule has 3 aliphatic carbocycles. The quantitative estimate of drug-likeness (QED) is 0.119. The molecule has 1 nitrogen and oxygen atoms in total. The van der Waals surface area contributed by atoms with E-state index in [0.717, 1.165) is 37.5 Å². The van der Waals surface area contributed by atoms with Crippen LogP contribution in [0.15, 0.2) is 164 Å². The molecule has 7 aromatic carbocycles. The molecule has 2 fully saturated rings. The molecule has 0 heterocycles. The van der Waals surface area contributed by atoms with Crippen molar-refractivity contribution in [2.24, 2.45) is 0 Å². The topological polar surface area (TPSA) is 3.24 Å². The van der Waals surface area contributed by atoms with Crippen molar-refractivity contribution in [2.75, 3.05) is 4.90 Å². The normalized spacial score (nSPS) is 16.2. The molecule has 1 heteroatoms. The van der Waals surface area contributed by atoms with Crippen LogP contribution in [0.5, 0.6) is 0 Å². The molecule has 0 bridgehead atoms. The Kier molecular flexibility index (Phi) is 11.7. The van der Waals surface area contributed by atoms with E-state index >= 15 is 0 Å². The van der Waals surface area contributed by atoms with Gasteiger partial charge in [0.05, 0.1) is 0 Å². The maximum Gasteiger partial charge on any atom is 0.0465 e. The first-order valence-electron chi connectivity index (χ1n) is 24.2. The number of benzene rings is 7. The van der Waals surface area contributed by atoms with E-state index in [0.29, 0.717) is 0 Å². The number of nitrogens with zero attached hydrogens (tertiary/aromatic N) is 1. The molecule has 3 aliphatic rings. The highest BCUT2D eigenvalue weighted by molar-refractivity contribution is 5.87. The molecule has 312 valence electrons. The van der Waals surface area contributed by atoms with Crippen molar-refractivity contribution in [1.82, 2.24) is 0 Å². The third-order valence-electron chi connectivity index (χ3n) is 15.0. The highest BCUT2D eigenvalue weighted by Crippen LogP contribution is 2.55. The SMILES string of the molecule is CCCC1(CCC)c2ccccc2-c2ccc(N(c3ccc(-c4ccc(C5CCCCC5)cc4)cc3)c3ccc(-c4cccc(-c5ccc(C6CCCCC6)cc5)c4)cc3)cc21. The second-order valence-corrected chi connectivity index (χ2v) is 18.8. The summed E-state index contributed by atoms with van der Waals surface area (Å²) in [7, 11) is 0. The maximum absolute atomic E-state index is 2.54. The summed E-state index contributed by atoms with van der Waals surface area (Å²) in [6.45, 7) is 4.70. The third kappa shape index (κ3) is 7.85. The van der Waals surface area contributed by atoms with E-state index in [1.165, 1.54) is 148 Å². The van der Waals surface area contributed by atoms with E-state index in [1.54, 1.807) is 0 Å². The van der Waals surface area contributed by atoms with Crippen molar-refractivity contribution in [1.29, 1.82) is 0 Å². The molecule has 0 radical (unpaired) electrons. The Bertz CT molecular complexity index is 2580. The first-order chi connectivity index (χ1) is 30.6. The molecule has 0 N–H and O–H groups in total. The van der Waals surface area contributed by atoms with E-state index < -0.39 is 0 Å². The fourth-order valence-electron chi connectivity index (χ4n) is 11.8. The van der Waals surface area contributed by atoms with Crippen LogP contribution < -0.4 is 4.90 Å². The van der Waals surface area contributed by atoms with Gasteiger partial charge >= 0.3 is 0 Å². The first kappa shape index (κ1) is 40.4. The fourth-order valence-corrected chi connectivity index (χ4v) is 11.8. The highest BCUT2D eigenvalue weighted by Gasteiger charge is 2.42. The minimum Gasteiger partial charge on any atom is -0.310 e. The van der Waals surface area contributed by atoms with E-state index in [1.807, 2.05) is 0 Å². The summed E-state index contributed by atoms with van der Waals surface area (Å²) in [5, 5.41) is 0. The summed E-state index contributed by atoms with van der Waals surface area (Å²) in [6, 6.07) is 63.1. The fraction of sp³-hybridized carbons (Fsp3) is 0.311. The van der Waals surface area contributed by atoms with Crippen molar-refractivity contribution >= 4 is 17.1 Å². The standard InChI is InChI=1S/C61H63N/c1-3-40-61(41-4-2)59-21-12-11-20-57(59)58-39-38-56(43-60(58)61)62(54-34-30-49(31-35-54)48-24-22-46(23-25-48)44-14-7-5-8-15-44)55-36-32-51(33-37-55)53-19-13-18-52(42-53)50-28-26-47(27-29-50)45-16-9-6-10-17-45/h11-13,18-39,42-45H,3-10,14-17,40-41H2,1-2H3. The van der Waals surface area contributed by atoms with Crippen LogP contribution in [0.2, 0.25) is 0 Å². The molecule has 0 saturated heterocycles. The number of rotatable bonds is 12. The number of hydrogen-bond donors (Lipinski definition) is 0. The smallest absolute Gasteiger partial charge is 0.0465 e. The van der Waals surface area contributed by atoms with Gasteiger partial charge in [-0.05, 0) is 160 Å². The second-order valence-electron chi connectivity index (χ2n) is 18.8. The maximum atomic E-state index is 2.54. The minimum absolute atomic E-state index is 0.0236. The molecule has 0 atom stereocenters. The zero-order valence-electron chi connectivity index (χ0n) is 37.1. The van der Waals surface area contributed by atoms with Crippen LogP contribution in [0, 0.1) is 0 Å². The highest BCUT2D eigenvalue weighted by atomic mass is 15.1. The van der Waals surface area contributed by atoms with Crippen molar-refractivity contribution in [3.63, 3.8) is 0 Å². The molecule has 0 aliphatic heterocycles. The third-order valence-corrected chi connectivity index (χ3v) is 15.0. The summed E-state index contributed by atoms with van der Waals surface area (Å²) in [5.41, 5.74) is 20.0. The van der Waals surface area contributed by atoms with Crippen LogP contribution in [0.1, 0.15) is 138 Å². The van der Waals surface area contributed by atoms with Gasteiger partial charge in [-0.15, -0.1) is 0 Å². The Morgan fingerprint density at radius 1 is 0.387 bits per heavy atom. The van der Waals surface area contributed by atoms with Gasteiger partial charge in [0, 0.05) is 22.5 Å². The second kappa shape index (κ2) is 18.0. The van der Waals surface area contributed by atoms with Gasteiger partial charge in [-0.2, -0.15) is 0 Å². The zero-order chi connectivity index (χ0) is 41.9. The van der Waals surface area contributed by atoms with E-state index in [9.17, 15) is 0 Å². The molecular weight excluding hydrogens is 747 g/mol. The summed E-state index contributed by atoms with van der Waals surface area (Å²) >= 11 is 0. The molecule has 0 spiro atoms. The number of fused-ring (bicyclic) bond motifs is 3. The molecule has 7 aromatic rings. The van der Waals surface area contributed by atoms with Gasteiger partial charge in [0.1, 0.15) is 0 Å². The van der Waals surface area contributed by atoms with Gasteiger partial charge < -0.3 is 4.90 Å². The van der Waals surface area contributed by atoms with Gasteiger partial charge in [0.15, 0.2) is 0 Å². The van der Waals surface area contributed by atoms with Gasteiger partial charge in [-0.25, -0.2) is 0 Å². The van der Waals surface area contributed by atoms with Crippen molar-refractivity contribution in [2.45, 2.75) is 121 Å². The summed E-state index contributed by atoms with van der Waals surface area (Å²) in [4.78, 5) is 2.48. The molecule has 2 saturated carbocycles. The van der Waals surface area contributed by atoms with Gasteiger partial charge in [-0.3, -0.25) is 0 Å². The van der Waals surface area contributed by atoms with Crippen LogP contribution in [-0.2, 0) is 5.41 Å². The van der Waals surface area contributed by atoms with Crippen molar-refractivity contribution < 1.29 is 0 Å². The number of hydrogen-bond acceptors (Lipinski definition) is 1. The molecule has 10 rings (SSSR count). The van der Waals surface area contributed by atoms with Gasteiger partial charge in [-0.1, -0.05) is 187 Å². The predicted molar refractivity (Wildman–Crippen MR) is 265 cm³/mol. The van der Waals surface area contributed by atoms with E-state index in [4.69, 9.17) is 0 Å². The largest absolute Gasteiger partial charge is 0.310 e. The Balaban J connectivity index is 0.995. The van der Waals surface area contributed by atoms with E-state index in [-0.39, 0.29) is 5.41 Å². The summed E-state index contributed by atoms with van der Waals surface area (Å²) in [5.74, 6) is 1.45. The Morgan fingerprint density at radius 2 is 0.823 bits per heavy atom. The van der Waals surface area contributed by atoms with Gasteiger partial charge in [0.2, 0.25) is 0 Å². The molecule has 0 unspecified atom stereocenters. The Hall–Kier alpha value is -5.66. The Labute approximate surface area is 371 Å². The van der Waals surface area contributed by atoms with Crippen LogP contribution in [0.3, 0.4) is 0 Å². The Morgan fingerprint density at radius 3 is 1.32 bits per heavy atom. The lowest BCUT2D eigenvalue weighted by Gasteiger charge is -2.33. The van der Waals surface area contributed by atoms with Crippen LogP contribution >= 0.6 is 0 Å². The zero-order valence-corrected chi connectivity index (χ0v) is 37.1. The first-order valence-corrected chi connectivity index (χ1v) is 24.2. The number of anilines is 3. The summed E-state index contributed by atoms with van der Waals surface area (Å²) < 4.78 is 0. The average Bonchev–Trinajstić information content (AvgIpc) is 3.61. The van der Waals surface area contributed by atoms with Gasteiger partial charge in [0.25, 0.3) is 0 Å². The average molecular weight is 810 g/mol. The van der Waals surface area contributed by atoms with Crippen LogP contribution in [0.4, 0.5) is 17.1 Å². The van der Waals surface area contributed by atoms with Crippen LogP contribution in [-0.4, -0.2) is 0 Å². The van der Waals surface area contributed by atoms with Crippen LogP contribution in [0.25, 0.3) is 44.5 Å². The monoisotopic (exact) mass is 809 g/mol. The van der Waals surface area contributed by atoms with Crippen molar-refractivity contribution in [3.05, 3.63) is 186 Å². The lowest BCUT2D eigenvalue weighted by atomic mass is 9.71. The van der Waals surface area contributed by atoms with Crippen molar-refractivity contribution in [3.8, 4) is 44.5 Å². The predicted octanol–water partition coefficient (Wildman–Crippen LogP) is 18.1. The van der Waals surface area contributed by atoms with E-state index in [2.05, 4.69) is 183 Å². The molecule has 62 heavy (non-hydrogen) atoms. The lowest BCUT2D eigenvalue weighted by molar-refractivity contribution is 0.436. The lowest BCUT2D eigenvalue weighted by Crippen LogP contribution is -2.25. The molecular formula is C61H63N. The summed E-state index contributed by atoms with van der Waals surface area (Å²) in [6.07, 6.45) is 18.2.